The van der Waals surface area contributed by atoms with E-state index >= 15 is 0 Å². The molecular weight excluding hydrogens is 160 g/mol. The van der Waals surface area contributed by atoms with Crippen molar-refractivity contribution in [3.05, 3.63) is 12.7 Å². The van der Waals surface area contributed by atoms with Gasteiger partial charge in [0.15, 0.2) is 0 Å². The van der Waals surface area contributed by atoms with Crippen molar-refractivity contribution in [2.75, 3.05) is 0 Å². The van der Waals surface area contributed by atoms with E-state index in [1.165, 1.54) is 12.1 Å². The zero-order valence-corrected chi connectivity index (χ0v) is 8.62. The first-order valence-electron chi connectivity index (χ1n) is 3.85. The molecule has 0 heterocycles. The lowest BCUT2D eigenvalue weighted by atomic mass is 10.5. The summed E-state index contributed by atoms with van der Waals surface area (Å²) >= 11 is 6.12. The Morgan fingerprint density at radius 1 is 1.50 bits per heavy atom. The van der Waals surface area contributed by atoms with Crippen molar-refractivity contribution in [3.8, 4) is 0 Å². The Morgan fingerprint density at radius 3 is 2.30 bits per heavy atom. The minimum atomic E-state index is -0.269. The first-order valence-corrected chi connectivity index (χ1v) is 6.28. The molecule has 0 N–H and O–H groups in total. The minimum Gasteiger partial charge on any atom is -0.126 e. The molecule has 1 atom stereocenters. The van der Waals surface area contributed by atoms with Crippen LogP contribution in [-0.2, 0) is 0 Å². The van der Waals surface area contributed by atoms with Gasteiger partial charge >= 0.3 is 0 Å². The summed E-state index contributed by atoms with van der Waals surface area (Å²) in [6.45, 7) is 8.15. The highest BCUT2D eigenvalue weighted by Crippen LogP contribution is 2.13. The molecule has 0 bridgehead atoms. The summed E-state index contributed by atoms with van der Waals surface area (Å²) in [6.07, 6.45) is 2.91. The number of alkyl halides is 1. The summed E-state index contributed by atoms with van der Waals surface area (Å²) in [5.41, 5.74) is 0. The van der Waals surface area contributed by atoms with Crippen molar-refractivity contribution < 1.29 is 0 Å². The fourth-order valence-corrected chi connectivity index (χ4v) is 3.94. The van der Waals surface area contributed by atoms with Crippen LogP contribution in [0.3, 0.4) is 0 Å². The Bertz CT molecular complexity index is 89.3. The smallest absolute Gasteiger partial charge is 0.0699 e. The van der Waals surface area contributed by atoms with Crippen LogP contribution in [0.15, 0.2) is 12.7 Å². The maximum absolute atomic E-state index is 6.12. The number of halogens is 1. The molecular formula is C8H16ClSi. The van der Waals surface area contributed by atoms with Gasteiger partial charge in [-0.05, 0) is 6.42 Å². The molecule has 0 fully saturated rings. The van der Waals surface area contributed by atoms with Crippen molar-refractivity contribution in [1.82, 2.24) is 0 Å². The van der Waals surface area contributed by atoms with Crippen LogP contribution in [0, 0.1) is 0 Å². The molecule has 0 rings (SSSR count). The quantitative estimate of drug-likeness (QED) is 0.342. The molecule has 0 spiro atoms. The van der Waals surface area contributed by atoms with E-state index in [9.17, 15) is 0 Å². The van der Waals surface area contributed by atoms with Crippen molar-refractivity contribution in [2.45, 2.75) is 37.4 Å². The topological polar surface area (TPSA) is 0 Å². The standard InChI is InChI=1S/C8H16ClSi/c1-4-7-8(9)10(5-2)6-3/h4,8H,1,5-7H2,2-3H3. The van der Waals surface area contributed by atoms with Gasteiger partial charge in [0, 0.05) is 5.00 Å². The van der Waals surface area contributed by atoms with Crippen LogP contribution in [0.1, 0.15) is 20.3 Å². The highest BCUT2D eigenvalue weighted by molar-refractivity contribution is 6.69. The Labute approximate surface area is 70.9 Å². The lowest BCUT2D eigenvalue weighted by Crippen LogP contribution is -2.23. The van der Waals surface area contributed by atoms with Crippen molar-refractivity contribution >= 4 is 20.4 Å². The van der Waals surface area contributed by atoms with Crippen LogP contribution >= 0.6 is 11.6 Å². The predicted molar refractivity (Wildman–Crippen MR) is 51.2 cm³/mol. The zero-order chi connectivity index (χ0) is 7.98. The van der Waals surface area contributed by atoms with E-state index in [0.717, 1.165) is 6.42 Å². The second-order valence-corrected chi connectivity index (χ2v) is 6.68. The fourth-order valence-electron chi connectivity index (χ4n) is 1.01. The molecule has 10 heavy (non-hydrogen) atoms. The summed E-state index contributed by atoms with van der Waals surface area (Å²) in [6, 6.07) is 2.56. The average Bonchev–Trinajstić information content (AvgIpc) is 1.91. The lowest BCUT2D eigenvalue weighted by Gasteiger charge is -2.14. The van der Waals surface area contributed by atoms with E-state index in [2.05, 4.69) is 20.4 Å². The minimum absolute atomic E-state index is 0.269. The van der Waals surface area contributed by atoms with Crippen LogP contribution in [0.4, 0.5) is 0 Å². The van der Waals surface area contributed by atoms with Crippen molar-refractivity contribution in [1.29, 1.82) is 0 Å². The summed E-state index contributed by atoms with van der Waals surface area (Å²) in [4.78, 5) is 0. The first-order chi connectivity index (χ1) is 4.76. The third kappa shape index (κ3) is 3.42. The normalized spacial score (nSPS) is 13.6. The molecule has 0 saturated heterocycles. The number of hydrogen-bond donors (Lipinski definition) is 0. The van der Waals surface area contributed by atoms with Crippen LogP contribution in [0.2, 0.25) is 12.1 Å². The van der Waals surface area contributed by atoms with Crippen LogP contribution in [0.5, 0.6) is 0 Å². The zero-order valence-electron chi connectivity index (χ0n) is 6.86. The molecule has 0 aliphatic heterocycles. The van der Waals surface area contributed by atoms with E-state index < -0.39 is 0 Å². The Kier molecular flexibility index (Phi) is 6.14. The molecule has 0 saturated carbocycles. The van der Waals surface area contributed by atoms with Gasteiger partial charge in [-0.15, -0.1) is 18.2 Å². The average molecular weight is 176 g/mol. The summed E-state index contributed by atoms with van der Waals surface area (Å²) in [7, 11) is -0.269. The molecule has 1 unspecified atom stereocenters. The molecule has 0 aliphatic rings. The van der Waals surface area contributed by atoms with E-state index in [4.69, 9.17) is 11.6 Å². The number of hydrogen-bond acceptors (Lipinski definition) is 0. The van der Waals surface area contributed by atoms with Gasteiger partial charge in [0.1, 0.15) is 0 Å². The third-order valence-corrected chi connectivity index (χ3v) is 5.77. The van der Waals surface area contributed by atoms with Gasteiger partial charge in [-0.1, -0.05) is 32.0 Å². The number of allylic oxidation sites excluding steroid dienone is 1. The third-order valence-electron chi connectivity index (χ3n) is 1.72. The van der Waals surface area contributed by atoms with Gasteiger partial charge in [0.05, 0.1) is 8.80 Å². The van der Waals surface area contributed by atoms with Gasteiger partial charge < -0.3 is 0 Å². The van der Waals surface area contributed by atoms with E-state index in [1.807, 2.05) is 6.08 Å². The molecule has 1 radical (unpaired) electrons. The Balaban J connectivity index is 3.63. The van der Waals surface area contributed by atoms with Gasteiger partial charge in [-0.3, -0.25) is 0 Å². The molecule has 0 nitrogen and oxygen atoms in total. The largest absolute Gasteiger partial charge is 0.126 e. The Hall–Kier alpha value is 0.247. The van der Waals surface area contributed by atoms with Crippen molar-refractivity contribution in [2.24, 2.45) is 0 Å². The van der Waals surface area contributed by atoms with Crippen LogP contribution in [-0.4, -0.2) is 13.8 Å². The number of rotatable bonds is 5. The molecule has 0 aromatic carbocycles. The highest BCUT2D eigenvalue weighted by Gasteiger charge is 2.15. The molecule has 0 amide bonds. The maximum Gasteiger partial charge on any atom is 0.0699 e. The lowest BCUT2D eigenvalue weighted by molar-refractivity contribution is 1.08. The van der Waals surface area contributed by atoms with E-state index in [0.29, 0.717) is 5.00 Å². The second kappa shape index (κ2) is 5.99. The van der Waals surface area contributed by atoms with Crippen LogP contribution < -0.4 is 0 Å². The molecule has 0 aromatic heterocycles. The summed E-state index contributed by atoms with van der Waals surface area (Å²) in [5, 5.41) is 0.400. The summed E-state index contributed by atoms with van der Waals surface area (Å²) < 4.78 is 0. The maximum atomic E-state index is 6.12. The van der Waals surface area contributed by atoms with E-state index in [-0.39, 0.29) is 8.80 Å². The first kappa shape index (κ1) is 10.2. The van der Waals surface area contributed by atoms with Gasteiger partial charge in [-0.25, -0.2) is 0 Å². The van der Waals surface area contributed by atoms with Gasteiger partial charge in [-0.2, -0.15) is 0 Å². The molecule has 0 aromatic rings. The van der Waals surface area contributed by atoms with Gasteiger partial charge in [0.25, 0.3) is 0 Å². The predicted octanol–water partition coefficient (Wildman–Crippen LogP) is 3.24. The highest BCUT2D eigenvalue weighted by atomic mass is 35.5. The molecule has 0 aliphatic carbocycles. The van der Waals surface area contributed by atoms with Crippen molar-refractivity contribution in [3.63, 3.8) is 0 Å². The van der Waals surface area contributed by atoms with E-state index in [1.54, 1.807) is 0 Å². The molecule has 59 valence electrons. The second-order valence-electron chi connectivity index (χ2n) is 2.36. The van der Waals surface area contributed by atoms with Gasteiger partial charge in [0.2, 0.25) is 0 Å². The van der Waals surface area contributed by atoms with Crippen LogP contribution in [0.25, 0.3) is 0 Å². The SMILES string of the molecule is C=CCC(Cl)[Si](CC)CC. The summed E-state index contributed by atoms with van der Waals surface area (Å²) in [5.74, 6) is 0. The monoisotopic (exact) mass is 175 g/mol. The molecule has 2 heteroatoms. The Morgan fingerprint density at radius 2 is 2.00 bits per heavy atom. The fraction of sp³-hybridized carbons (Fsp3) is 0.750.